The predicted octanol–water partition coefficient (Wildman–Crippen LogP) is 3.33. The Kier molecular flexibility index (Phi) is 4.29. The fourth-order valence-corrected chi connectivity index (χ4v) is 3.94. The minimum Gasteiger partial charge on any atom is -0.360 e. The Labute approximate surface area is 134 Å². The molecule has 1 atom stereocenters. The van der Waals surface area contributed by atoms with Gasteiger partial charge in [-0.15, -0.1) is 11.3 Å². The molecule has 0 spiro atoms. The van der Waals surface area contributed by atoms with Crippen LogP contribution in [0.5, 0.6) is 0 Å². The van der Waals surface area contributed by atoms with E-state index in [1.807, 2.05) is 25.7 Å². The van der Waals surface area contributed by atoms with E-state index in [1.54, 1.807) is 11.3 Å². The molecule has 1 unspecified atom stereocenters. The van der Waals surface area contributed by atoms with Crippen molar-refractivity contribution in [3.05, 3.63) is 33.1 Å². The normalized spacial score (nSPS) is 18.7. The maximum absolute atomic E-state index is 12.9. The first kappa shape index (κ1) is 15.2. The number of thiazole rings is 1. The quantitative estimate of drug-likeness (QED) is 0.870. The highest BCUT2D eigenvalue weighted by Crippen LogP contribution is 2.30. The Morgan fingerprint density at radius 3 is 3.00 bits per heavy atom. The third-order valence-electron chi connectivity index (χ3n) is 4.16. The topological polar surface area (TPSA) is 59.2 Å². The number of carbonyl (C=O) groups is 1. The second kappa shape index (κ2) is 6.20. The Morgan fingerprint density at radius 2 is 2.32 bits per heavy atom. The zero-order valence-electron chi connectivity index (χ0n) is 13.3. The van der Waals surface area contributed by atoms with Gasteiger partial charge in [-0.3, -0.25) is 4.79 Å². The highest BCUT2D eigenvalue weighted by atomic mass is 32.1. The number of hydrogen-bond donors (Lipinski definition) is 0. The molecular formula is C16H21N3O2S. The molecule has 3 rings (SSSR count). The van der Waals surface area contributed by atoms with Crippen molar-refractivity contribution in [3.63, 3.8) is 0 Å². The van der Waals surface area contributed by atoms with Gasteiger partial charge in [-0.1, -0.05) is 12.1 Å². The monoisotopic (exact) mass is 319 g/mol. The second-order valence-electron chi connectivity index (χ2n) is 5.84. The van der Waals surface area contributed by atoms with Crippen molar-refractivity contribution >= 4 is 17.2 Å². The summed E-state index contributed by atoms with van der Waals surface area (Å²) in [5, 5.41) is 7.18. The summed E-state index contributed by atoms with van der Waals surface area (Å²) in [6.07, 6.45) is 2.80. The molecule has 3 heterocycles. The average Bonchev–Trinajstić information content (AvgIpc) is 3.12. The van der Waals surface area contributed by atoms with Gasteiger partial charge in [0.25, 0.3) is 5.91 Å². The smallest absolute Gasteiger partial charge is 0.259 e. The number of hydrogen-bond acceptors (Lipinski definition) is 5. The van der Waals surface area contributed by atoms with Gasteiger partial charge in [0.2, 0.25) is 0 Å². The largest absolute Gasteiger partial charge is 0.360 e. The van der Waals surface area contributed by atoms with Crippen molar-refractivity contribution in [2.45, 2.75) is 46.0 Å². The first-order valence-electron chi connectivity index (χ1n) is 7.76. The fourth-order valence-electron chi connectivity index (χ4n) is 3.01. The van der Waals surface area contributed by atoms with E-state index in [0.29, 0.717) is 29.4 Å². The van der Waals surface area contributed by atoms with Gasteiger partial charge in [0.15, 0.2) is 0 Å². The van der Waals surface area contributed by atoms with E-state index in [1.165, 1.54) is 0 Å². The summed E-state index contributed by atoms with van der Waals surface area (Å²) in [4.78, 5) is 19.4. The van der Waals surface area contributed by atoms with Crippen molar-refractivity contribution in [3.8, 4) is 0 Å². The molecule has 0 aliphatic carbocycles. The number of aryl methyl sites for hydroxylation is 3. The molecule has 2 aromatic heterocycles. The molecule has 1 amide bonds. The number of carbonyl (C=O) groups excluding carboxylic acids is 1. The van der Waals surface area contributed by atoms with Gasteiger partial charge >= 0.3 is 0 Å². The first-order chi connectivity index (χ1) is 10.6. The van der Waals surface area contributed by atoms with Crippen molar-refractivity contribution in [1.82, 2.24) is 15.0 Å². The van der Waals surface area contributed by atoms with Gasteiger partial charge in [0, 0.05) is 36.5 Å². The maximum Gasteiger partial charge on any atom is 0.259 e. The summed E-state index contributed by atoms with van der Waals surface area (Å²) in [5.41, 5.74) is 2.40. The number of aromatic nitrogens is 2. The average molecular weight is 319 g/mol. The third-order valence-corrected chi connectivity index (χ3v) is 5.29. The Hall–Kier alpha value is -1.69. The van der Waals surface area contributed by atoms with E-state index in [9.17, 15) is 4.79 Å². The van der Waals surface area contributed by atoms with Crippen LogP contribution >= 0.6 is 11.3 Å². The molecule has 1 aliphatic rings. The first-order valence-corrected chi connectivity index (χ1v) is 8.64. The lowest BCUT2D eigenvalue weighted by Gasteiger charge is -2.31. The summed E-state index contributed by atoms with van der Waals surface area (Å²) in [6.45, 7) is 7.36. The van der Waals surface area contributed by atoms with Crippen LogP contribution in [0, 0.1) is 13.8 Å². The molecule has 2 aromatic rings. The van der Waals surface area contributed by atoms with Crippen LogP contribution in [-0.2, 0) is 6.42 Å². The summed E-state index contributed by atoms with van der Waals surface area (Å²) in [5.74, 6) is 1.09. The molecule has 1 aliphatic heterocycles. The van der Waals surface area contributed by atoms with Gasteiger partial charge in [-0.25, -0.2) is 4.98 Å². The zero-order valence-corrected chi connectivity index (χ0v) is 14.1. The van der Waals surface area contributed by atoms with E-state index in [-0.39, 0.29) is 5.91 Å². The molecular weight excluding hydrogens is 298 g/mol. The van der Waals surface area contributed by atoms with Gasteiger partial charge in [-0.05, 0) is 26.7 Å². The molecule has 0 radical (unpaired) electrons. The standard InChI is InChI=1S/C16H21N3O2S/c1-4-13-14(11(3)18-21-13)16(20)19-7-5-6-12(8-19)15-17-10(2)9-22-15/h9,12H,4-8H2,1-3H3. The number of piperidine rings is 1. The highest BCUT2D eigenvalue weighted by Gasteiger charge is 2.30. The van der Waals surface area contributed by atoms with Crippen LogP contribution in [0.1, 0.15) is 58.2 Å². The predicted molar refractivity (Wildman–Crippen MR) is 85.3 cm³/mol. The lowest BCUT2D eigenvalue weighted by Crippen LogP contribution is -2.39. The van der Waals surface area contributed by atoms with Crippen LogP contribution in [-0.4, -0.2) is 34.0 Å². The number of nitrogens with zero attached hydrogens (tertiary/aromatic N) is 3. The molecule has 5 nitrogen and oxygen atoms in total. The van der Waals surface area contributed by atoms with Crippen LogP contribution < -0.4 is 0 Å². The Bertz CT molecular complexity index is 677. The summed E-state index contributed by atoms with van der Waals surface area (Å²) in [7, 11) is 0. The number of amides is 1. The van der Waals surface area contributed by atoms with E-state index >= 15 is 0 Å². The molecule has 22 heavy (non-hydrogen) atoms. The summed E-state index contributed by atoms with van der Waals surface area (Å²) < 4.78 is 5.26. The van der Waals surface area contributed by atoms with E-state index in [4.69, 9.17) is 4.52 Å². The van der Waals surface area contributed by atoms with E-state index in [0.717, 1.165) is 36.6 Å². The maximum atomic E-state index is 12.9. The van der Waals surface area contributed by atoms with Crippen LogP contribution in [0.25, 0.3) is 0 Å². The molecule has 0 N–H and O–H groups in total. The van der Waals surface area contributed by atoms with Crippen molar-refractivity contribution in [1.29, 1.82) is 0 Å². The van der Waals surface area contributed by atoms with Crippen molar-refractivity contribution < 1.29 is 9.32 Å². The van der Waals surface area contributed by atoms with E-state index in [2.05, 4.69) is 15.5 Å². The molecule has 0 saturated carbocycles. The number of likely N-dealkylation sites (tertiary alicyclic amines) is 1. The lowest BCUT2D eigenvalue weighted by atomic mass is 9.97. The lowest BCUT2D eigenvalue weighted by molar-refractivity contribution is 0.0704. The number of rotatable bonds is 3. The molecule has 1 fully saturated rings. The molecule has 6 heteroatoms. The minimum absolute atomic E-state index is 0.0496. The van der Waals surface area contributed by atoms with Crippen molar-refractivity contribution in [2.24, 2.45) is 0 Å². The summed E-state index contributed by atoms with van der Waals surface area (Å²) in [6, 6.07) is 0. The third kappa shape index (κ3) is 2.79. The Balaban J connectivity index is 1.79. The molecule has 118 valence electrons. The molecule has 0 aromatic carbocycles. The minimum atomic E-state index is 0.0496. The van der Waals surface area contributed by atoms with Crippen molar-refractivity contribution in [2.75, 3.05) is 13.1 Å². The molecule has 1 saturated heterocycles. The SMILES string of the molecule is CCc1onc(C)c1C(=O)N1CCCC(c2nc(C)cs2)C1. The van der Waals surface area contributed by atoms with Gasteiger partial charge in [-0.2, -0.15) is 0 Å². The molecule has 0 bridgehead atoms. The van der Waals surface area contributed by atoms with Crippen LogP contribution in [0.3, 0.4) is 0 Å². The second-order valence-corrected chi connectivity index (χ2v) is 6.73. The van der Waals surface area contributed by atoms with E-state index < -0.39 is 0 Å². The van der Waals surface area contributed by atoms with Crippen LogP contribution in [0.4, 0.5) is 0 Å². The summed E-state index contributed by atoms with van der Waals surface area (Å²) >= 11 is 1.70. The van der Waals surface area contributed by atoms with Crippen LogP contribution in [0.2, 0.25) is 0 Å². The van der Waals surface area contributed by atoms with Gasteiger partial charge < -0.3 is 9.42 Å². The van der Waals surface area contributed by atoms with Crippen LogP contribution in [0.15, 0.2) is 9.90 Å². The highest BCUT2D eigenvalue weighted by molar-refractivity contribution is 7.09. The Morgan fingerprint density at radius 1 is 1.50 bits per heavy atom. The van der Waals surface area contributed by atoms with Gasteiger partial charge in [0.05, 0.1) is 10.7 Å². The zero-order chi connectivity index (χ0) is 15.7. The van der Waals surface area contributed by atoms with Gasteiger partial charge in [0.1, 0.15) is 11.3 Å². The fraction of sp³-hybridized carbons (Fsp3) is 0.562.